The van der Waals surface area contributed by atoms with Crippen molar-refractivity contribution in [3.63, 3.8) is 0 Å². The Morgan fingerprint density at radius 2 is 1.50 bits per heavy atom. The molecule has 6 heteroatoms. The van der Waals surface area contributed by atoms with Crippen LogP contribution in [0, 0.1) is 6.92 Å². The maximum atomic E-state index is 13.4. The summed E-state index contributed by atoms with van der Waals surface area (Å²) in [6, 6.07) is 18.8. The predicted molar refractivity (Wildman–Crippen MR) is 127 cm³/mol. The van der Waals surface area contributed by atoms with Gasteiger partial charge in [-0.3, -0.25) is 9.36 Å². The number of ether oxygens (including phenoxy) is 3. The highest BCUT2D eigenvalue weighted by molar-refractivity contribution is 5.80. The van der Waals surface area contributed by atoms with Crippen LogP contribution in [0.25, 0.3) is 28.7 Å². The molecule has 6 nitrogen and oxygen atoms in total. The van der Waals surface area contributed by atoms with E-state index in [1.54, 1.807) is 32.0 Å². The summed E-state index contributed by atoms with van der Waals surface area (Å²) in [5.74, 6) is 2.14. The molecular weight excluding hydrogens is 404 g/mol. The Hall–Kier alpha value is -4.06. The number of aromatic nitrogens is 2. The summed E-state index contributed by atoms with van der Waals surface area (Å²) in [5, 5.41) is 0.568. The first kappa shape index (κ1) is 21.2. The topological polar surface area (TPSA) is 62.6 Å². The minimum absolute atomic E-state index is 0.121. The minimum atomic E-state index is -0.121. The van der Waals surface area contributed by atoms with Crippen LogP contribution in [-0.4, -0.2) is 30.9 Å². The van der Waals surface area contributed by atoms with Crippen molar-refractivity contribution in [1.82, 2.24) is 9.55 Å². The molecule has 0 aliphatic heterocycles. The van der Waals surface area contributed by atoms with Crippen molar-refractivity contribution in [2.24, 2.45) is 0 Å². The molecule has 4 aromatic rings. The van der Waals surface area contributed by atoms with E-state index in [0.29, 0.717) is 34.0 Å². The van der Waals surface area contributed by atoms with Crippen molar-refractivity contribution < 1.29 is 14.2 Å². The summed E-state index contributed by atoms with van der Waals surface area (Å²) in [4.78, 5) is 18.1. The molecular formula is C26H24N2O4. The fourth-order valence-corrected chi connectivity index (χ4v) is 3.57. The standard InChI is InChI=1S/C26H24N2O4/c1-17-9-12-19(13-10-17)28-24(27-21-8-6-5-7-20(21)26(28)29)14-11-18-15-22(30-2)25(32-4)23(16-18)31-3/h5-16H,1-4H3. The molecule has 0 aliphatic carbocycles. The molecule has 0 unspecified atom stereocenters. The van der Waals surface area contributed by atoms with Crippen molar-refractivity contribution in [3.8, 4) is 22.9 Å². The van der Waals surface area contributed by atoms with Crippen LogP contribution in [0.5, 0.6) is 17.2 Å². The molecule has 162 valence electrons. The van der Waals surface area contributed by atoms with Gasteiger partial charge in [-0.15, -0.1) is 0 Å². The van der Waals surface area contributed by atoms with Gasteiger partial charge in [0.15, 0.2) is 11.5 Å². The van der Waals surface area contributed by atoms with Crippen LogP contribution in [0.2, 0.25) is 0 Å². The van der Waals surface area contributed by atoms with Crippen LogP contribution >= 0.6 is 0 Å². The lowest BCUT2D eigenvalue weighted by Gasteiger charge is -2.13. The van der Waals surface area contributed by atoms with E-state index < -0.39 is 0 Å². The van der Waals surface area contributed by atoms with Gasteiger partial charge in [-0.05, 0) is 55.0 Å². The van der Waals surface area contributed by atoms with E-state index in [0.717, 1.165) is 16.8 Å². The number of hydrogen-bond acceptors (Lipinski definition) is 5. The molecule has 0 radical (unpaired) electrons. The zero-order valence-corrected chi connectivity index (χ0v) is 18.5. The number of hydrogen-bond donors (Lipinski definition) is 0. The first-order chi connectivity index (χ1) is 15.5. The molecule has 0 spiro atoms. The van der Waals surface area contributed by atoms with E-state index in [1.807, 2.05) is 73.7 Å². The molecule has 4 rings (SSSR count). The number of rotatable bonds is 6. The summed E-state index contributed by atoms with van der Waals surface area (Å²) in [6.45, 7) is 2.01. The number of nitrogens with zero attached hydrogens (tertiary/aromatic N) is 2. The van der Waals surface area contributed by atoms with E-state index in [4.69, 9.17) is 19.2 Å². The average Bonchev–Trinajstić information content (AvgIpc) is 2.82. The SMILES string of the molecule is COc1cc(C=Cc2nc3ccccc3c(=O)n2-c2ccc(C)cc2)cc(OC)c1OC. The monoisotopic (exact) mass is 428 g/mol. The van der Waals surface area contributed by atoms with Gasteiger partial charge in [0, 0.05) is 0 Å². The highest BCUT2D eigenvalue weighted by Gasteiger charge is 2.13. The summed E-state index contributed by atoms with van der Waals surface area (Å²) < 4.78 is 17.9. The zero-order valence-electron chi connectivity index (χ0n) is 18.5. The van der Waals surface area contributed by atoms with Crippen molar-refractivity contribution in [2.45, 2.75) is 6.92 Å². The van der Waals surface area contributed by atoms with Crippen LogP contribution in [0.4, 0.5) is 0 Å². The van der Waals surface area contributed by atoms with Gasteiger partial charge in [0.2, 0.25) is 5.75 Å². The summed E-state index contributed by atoms with van der Waals surface area (Å²) in [6.07, 6.45) is 3.68. The molecule has 3 aromatic carbocycles. The van der Waals surface area contributed by atoms with Gasteiger partial charge in [0.1, 0.15) is 5.82 Å². The highest BCUT2D eigenvalue weighted by Crippen LogP contribution is 2.38. The smallest absolute Gasteiger partial charge is 0.266 e. The fraction of sp³-hybridized carbons (Fsp3) is 0.154. The van der Waals surface area contributed by atoms with Crippen LogP contribution in [0.3, 0.4) is 0 Å². The maximum absolute atomic E-state index is 13.4. The van der Waals surface area contributed by atoms with Crippen LogP contribution in [0.1, 0.15) is 17.0 Å². The molecule has 0 N–H and O–H groups in total. The Morgan fingerprint density at radius 1 is 0.844 bits per heavy atom. The molecule has 0 fully saturated rings. The zero-order chi connectivity index (χ0) is 22.7. The van der Waals surface area contributed by atoms with E-state index in [9.17, 15) is 4.79 Å². The van der Waals surface area contributed by atoms with Gasteiger partial charge < -0.3 is 14.2 Å². The average molecular weight is 428 g/mol. The van der Waals surface area contributed by atoms with E-state index in [1.165, 1.54) is 0 Å². The molecule has 32 heavy (non-hydrogen) atoms. The van der Waals surface area contributed by atoms with Crippen molar-refractivity contribution in [2.75, 3.05) is 21.3 Å². The third-order valence-corrected chi connectivity index (χ3v) is 5.21. The first-order valence-electron chi connectivity index (χ1n) is 10.1. The Morgan fingerprint density at radius 3 is 2.12 bits per heavy atom. The van der Waals surface area contributed by atoms with Gasteiger partial charge in [-0.1, -0.05) is 35.9 Å². The summed E-state index contributed by atoms with van der Waals surface area (Å²) in [5.41, 5.74) is 3.21. The Balaban J connectivity index is 1.89. The second-order valence-electron chi connectivity index (χ2n) is 7.26. The molecule has 0 atom stereocenters. The van der Waals surface area contributed by atoms with E-state index >= 15 is 0 Å². The van der Waals surface area contributed by atoms with E-state index in [2.05, 4.69) is 0 Å². The largest absolute Gasteiger partial charge is 0.493 e. The molecule has 0 amide bonds. The van der Waals surface area contributed by atoms with Crippen LogP contribution in [0.15, 0.2) is 65.5 Å². The molecule has 1 aromatic heterocycles. The summed E-state index contributed by atoms with van der Waals surface area (Å²) in [7, 11) is 4.71. The van der Waals surface area contributed by atoms with Crippen molar-refractivity contribution >= 4 is 23.1 Å². The quantitative estimate of drug-likeness (QED) is 0.438. The minimum Gasteiger partial charge on any atom is -0.493 e. The van der Waals surface area contributed by atoms with E-state index in [-0.39, 0.29) is 5.56 Å². The summed E-state index contributed by atoms with van der Waals surface area (Å²) >= 11 is 0. The molecule has 0 aliphatic rings. The molecule has 0 bridgehead atoms. The maximum Gasteiger partial charge on any atom is 0.266 e. The third-order valence-electron chi connectivity index (χ3n) is 5.21. The van der Waals surface area contributed by atoms with Gasteiger partial charge in [-0.25, -0.2) is 4.98 Å². The number of methoxy groups -OCH3 is 3. The molecule has 0 saturated heterocycles. The Labute approximate surface area is 186 Å². The second kappa shape index (κ2) is 8.98. The van der Waals surface area contributed by atoms with Gasteiger partial charge in [0.25, 0.3) is 5.56 Å². The lowest BCUT2D eigenvalue weighted by Crippen LogP contribution is -2.22. The number of para-hydroxylation sites is 1. The highest BCUT2D eigenvalue weighted by atomic mass is 16.5. The molecule has 0 saturated carbocycles. The van der Waals surface area contributed by atoms with Crippen LogP contribution < -0.4 is 19.8 Å². The van der Waals surface area contributed by atoms with Gasteiger partial charge in [0.05, 0.1) is 37.9 Å². The number of fused-ring (bicyclic) bond motifs is 1. The Bertz CT molecular complexity index is 1330. The lowest BCUT2D eigenvalue weighted by atomic mass is 10.1. The van der Waals surface area contributed by atoms with Crippen molar-refractivity contribution in [1.29, 1.82) is 0 Å². The predicted octanol–water partition coefficient (Wildman–Crippen LogP) is 4.89. The number of benzene rings is 3. The lowest BCUT2D eigenvalue weighted by molar-refractivity contribution is 0.324. The third kappa shape index (κ3) is 3.95. The van der Waals surface area contributed by atoms with Gasteiger partial charge in [-0.2, -0.15) is 0 Å². The van der Waals surface area contributed by atoms with Crippen molar-refractivity contribution in [3.05, 3.63) is 88.0 Å². The first-order valence-corrected chi connectivity index (χ1v) is 10.1. The Kier molecular flexibility index (Phi) is 5.94. The number of aryl methyl sites for hydroxylation is 1. The normalized spacial score (nSPS) is 11.1. The second-order valence-corrected chi connectivity index (χ2v) is 7.26. The van der Waals surface area contributed by atoms with Crippen LogP contribution in [-0.2, 0) is 0 Å². The molecule has 1 heterocycles. The van der Waals surface area contributed by atoms with Gasteiger partial charge >= 0.3 is 0 Å². The fourth-order valence-electron chi connectivity index (χ4n) is 3.57.